The zero-order valence-electron chi connectivity index (χ0n) is 16.9. The van der Waals surface area contributed by atoms with Gasteiger partial charge in [0.1, 0.15) is 5.71 Å². The average molecular weight is 469 g/mol. The maximum Gasteiger partial charge on any atom is 0.340 e. The molecule has 0 aliphatic carbocycles. The molecule has 3 aromatic rings. The number of hydrogen-bond acceptors (Lipinski definition) is 4. The molecule has 0 fully saturated rings. The van der Waals surface area contributed by atoms with Crippen LogP contribution in [0.25, 0.3) is 0 Å². The van der Waals surface area contributed by atoms with Crippen molar-refractivity contribution in [3.8, 4) is 0 Å². The third-order valence-electron chi connectivity index (χ3n) is 5.28. The number of oxime groups is 1. The molecule has 0 aromatic heterocycles. The van der Waals surface area contributed by atoms with Crippen molar-refractivity contribution in [1.29, 1.82) is 0 Å². The molecule has 1 heterocycles. The molecule has 162 valence electrons. The molecular formula is C24H18Cl2N2O4. The molecule has 2 N–H and O–H groups in total. The predicted molar refractivity (Wildman–Crippen MR) is 122 cm³/mol. The highest BCUT2D eigenvalue weighted by atomic mass is 35.5. The Kier molecular flexibility index (Phi) is 5.91. The highest BCUT2D eigenvalue weighted by molar-refractivity contribution is 6.42. The minimum absolute atomic E-state index is 0.0875. The first-order valence-corrected chi connectivity index (χ1v) is 10.5. The van der Waals surface area contributed by atoms with Gasteiger partial charge in [0.2, 0.25) is 5.54 Å². The summed E-state index contributed by atoms with van der Waals surface area (Å²) in [5, 5.41) is 17.6. The quantitative estimate of drug-likeness (QED) is 0.549. The first kappa shape index (κ1) is 21.9. The van der Waals surface area contributed by atoms with Crippen molar-refractivity contribution >= 4 is 40.8 Å². The molecule has 2 atom stereocenters. The fraction of sp³-hybridized carbons (Fsp3) is 0.125. The largest absolute Gasteiger partial charge is 0.479 e. The lowest BCUT2D eigenvalue weighted by molar-refractivity contribution is -0.145. The zero-order chi connectivity index (χ0) is 22.9. The molecule has 0 saturated carbocycles. The van der Waals surface area contributed by atoms with Gasteiger partial charge in [0.15, 0.2) is 6.10 Å². The molecule has 6 nitrogen and oxygen atoms in total. The highest BCUT2D eigenvalue weighted by Gasteiger charge is 2.59. The van der Waals surface area contributed by atoms with Crippen molar-refractivity contribution in [2.45, 2.75) is 18.6 Å². The van der Waals surface area contributed by atoms with E-state index < -0.39 is 23.5 Å². The van der Waals surface area contributed by atoms with Crippen LogP contribution in [0.2, 0.25) is 10.0 Å². The number of carboxylic acids is 1. The smallest absolute Gasteiger partial charge is 0.340 e. The van der Waals surface area contributed by atoms with Crippen LogP contribution in [0.5, 0.6) is 0 Å². The number of aryl methyl sites for hydroxylation is 1. The lowest BCUT2D eigenvalue weighted by Crippen LogP contribution is -2.62. The van der Waals surface area contributed by atoms with Gasteiger partial charge in [-0.1, -0.05) is 82.5 Å². The predicted octanol–water partition coefficient (Wildman–Crippen LogP) is 5.03. The van der Waals surface area contributed by atoms with E-state index in [1.54, 1.807) is 60.7 Å². The van der Waals surface area contributed by atoms with E-state index in [1.165, 1.54) is 0 Å². The number of benzene rings is 3. The van der Waals surface area contributed by atoms with E-state index in [9.17, 15) is 14.7 Å². The van der Waals surface area contributed by atoms with Crippen LogP contribution in [0, 0.1) is 6.92 Å². The summed E-state index contributed by atoms with van der Waals surface area (Å²) in [7, 11) is 0. The molecule has 0 bridgehead atoms. The molecule has 1 amide bonds. The molecule has 3 aromatic carbocycles. The Morgan fingerprint density at radius 2 is 1.59 bits per heavy atom. The summed E-state index contributed by atoms with van der Waals surface area (Å²) in [5.41, 5.74) is -0.204. The van der Waals surface area contributed by atoms with Crippen LogP contribution in [0.15, 0.2) is 78.0 Å². The van der Waals surface area contributed by atoms with Gasteiger partial charge in [-0.3, -0.25) is 4.79 Å². The molecule has 32 heavy (non-hydrogen) atoms. The molecule has 0 saturated heterocycles. The average Bonchev–Trinajstić information content (AvgIpc) is 3.14. The van der Waals surface area contributed by atoms with Gasteiger partial charge in [0, 0.05) is 11.1 Å². The Morgan fingerprint density at radius 3 is 2.19 bits per heavy atom. The number of carbonyl (C=O) groups is 2. The van der Waals surface area contributed by atoms with E-state index >= 15 is 0 Å². The van der Waals surface area contributed by atoms with Gasteiger partial charge < -0.3 is 15.3 Å². The second-order valence-corrected chi connectivity index (χ2v) is 8.18. The van der Waals surface area contributed by atoms with E-state index in [0.29, 0.717) is 5.56 Å². The van der Waals surface area contributed by atoms with Crippen LogP contribution >= 0.6 is 23.2 Å². The number of nitrogens with zero attached hydrogens (tertiary/aromatic N) is 1. The monoisotopic (exact) mass is 468 g/mol. The van der Waals surface area contributed by atoms with E-state index in [4.69, 9.17) is 28.0 Å². The summed E-state index contributed by atoms with van der Waals surface area (Å²) in [4.78, 5) is 31.7. The summed E-state index contributed by atoms with van der Waals surface area (Å²) in [6.07, 6.45) is -1.16. The number of halogens is 2. The number of aliphatic carboxylic acids is 1. The molecule has 0 radical (unpaired) electrons. The summed E-state index contributed by atoms with van der Waals surface area (Å²) in [6.45, 7) is 1.91. The van der Waals surface area contributed by atoms with Gasteiger partial charge in [-0.15, -0.1) is 0 Å². The van der Waals surface area contributed by atoms with Crippen molar-refractivity contribution in [2.24, 2.45) is 5.16 Å². The molecule has 2 unspecified atom stereocenters. The third kappa shape index (κ3) is 3.72. The number of rotatable bonds is 5. The molecule has 1 aliphatic heterocycles. The summed E-state index contributed by atoms with van der Waals surface area (Å²) in [6, 6.07) is 20.2. The normalized spacial score (nSPS) is 19.7. The van der Waals surface area contributed by atoms with Gasteiger partial charge in [-0.2, -0.15) is 0 Å². The standard InChI is InChI=1S/C24H18Cl2N2O4/c1-14-10-12-15(13-11-14)21-24(23(30)31,27-22(29)16-6-3-2-4-7-16)20(28-32-21)19-17(25)8-5-9-18(19)26/h2-13,21H,1H3,(H,27,29)(H,30,31). The van der Waals surface area contributed by atoms with E-state index in [1.807, 2.05) is 19.1 Å². The summed E-state index contributed by atoms with van der Waals surface area (Å²) >= 11 is 12.8. The SMILES string of the molecule is Cc1ccc(C2ON=C(c3c(Cl)cccc3Cl)C2(NC(=O)c2ccccc2)C(=O)O)cc1. The maximum absolute atomic E-state index is 13.1. The Morgan fingerprint density at radius 1 is 0.969 bits per heavy atom. The van der Waals surface area contributed by atoms with Crippen LogP contribution < -0.4 is 5.32 Å². The summed E-state index contributed by atoms with van der Waals surface area (Å²) < 4.78 is 0. The number of carbonyl (C=O) groups excluding carboxylic acids is 1. The Hall–Kier alpha value is -3.35. The number of amides is 1. The van der Waals surface area contributed by atoms with Gasteiger partial charge in [0.05, 0.1) is 10.0 Å². The highest BCUT2D eigenvalue weighted by Crippen LogP contribution is 2.42. The number of carboxylic acid groups (broad SMARTS) is 1. The first-order chi connectivity index (χ1) is 15.3. The Balaban J connectivity index is 1.90. The van der Waals surface area contributed by atoms with Gasteiger partial charge in [-0.25, -0.2) is 4.79 Å². The molecule has 4 rings (SSSR count). The fourth-order valence-electron chi connectivity index (χ4n) is 3.63. The third-order valence-corrected chi connectivity index (χ3v) is 5.91. The Labute approximate surface area is 194 Å². The van der Waals surface area contributed by atoms with Crippen LogP contribution in [0.3, 0.4) is 0 Å². The fourth-order valence-corrected chi connectivity index (χ4v) is 4.21. The lowest BCUT2D eigenvalue weighted by atomic mass is 9.80. The first-order valence-electron chi connectivity index (χ1n) is 9.71. The van der Waals surface area contributed by atoms with Crippen molar-refractivity contribution in [2.75, 3.05) is 0 Å². The van der Waals surface area contributed by atoms with Crippen LogP contribution in [0.4, 0.5) is 0 Å². The van der Waals surface area contributed by atoms with Gasteiger partial charge >= 0.3 is 5.97 Å². The maximum atomic E-state index is 13.1. The summed E-state index contributed by atoms with van der Waals surface area (Å²) in [5.74, 6) is -1.97. The number of hydrogen-bond donors (Lipinski definition) is 2. The minimum Gasteiger partial charge on any atom is -0.479 e. The zero-order valence-corrected chi connectivity index (χ0v) is 18.4. The minimum atomic E-state index is -2.09. The molecule has 1 aliphatic rings. The molecule has 8 heteroatoms. The topological polar surface area (TPSA) is 88.0 Å². The second kappa shape index (κ2) is 8.65. The van der Waals surface area contributed by atoms with E-state index in [0.717, 1.165) is 5.56 Å². The van der Waals surface area contributed by atoms with Crippen LogP contribution in [-0.2, 0) is 9.63 Å². The number of nitrogens with one attached hydrogen (secondary N) is 1. The van der Waals surface area contributed by atoms with Gasteiger partial charge in [-0.05, 0) is 36.8 Å². The van der Waals surface area contributed by atoms with Crippen LogP contribution in [0.1, 0.15) is 33.2 Å². The van der Waals surface area contributed by atoms with Crippen LogP contribution in [-0.4, -0.2) is 28.2 Å². The van der Waals surface area contributed by atoms with Crippen molar-refractivity contribution in [3.63, 3.8) is 0 Å². The second-order valence-electron chi connectivity index (χ2n) is 7.37. The molecular weight excluding hydrogens is 451 g/mol. The van der Waals surface area contributed by atoms with Crippen molar-refractivity contribution < 1.29 is 19.5 Å². The van der Waals surface area contributed by atoms with E-state index in [-0.39, 0.29) is 26.9 Å². The Bertz CT molecular complexity index is 1190. The lowest BCUT2D eigenvalue weighted by Gasteiger charge is -2.32. The van der Waals surface area contributed by atoms with Gasteiger partial charge in [0.25, 0.3) is 5.91 Å². The van der Waals surface area contributed by atoms with E-state index in [2.05, 4.69) is 10.5 Å². The molecule has 0 spiro atoms. The van der Waals surface area contributed by atoms with Crippen molar-refractivity contribution in [3.05, 3.63) is 105 Å². The van der Waals surface area contributed by atoms with Crippen molar-refractivity contribution in [1.82, 2.24) is 5.32 Å².